The van der Waals surface area contributed by atoms with Crippen LogP contribution in [0, 0.1) is 6.92 Å². The van der Waals surface area contributed by atoms with E-state index >= 15 is 0 Å². The summed E-state index contributed by atoms with van der Waals surface area (Å²) in [6.45, 7) is 1.95. The Labute approximate surface area is 109 Å². The minimum Gasteiger partial charge on any atom is -0.437 e. The molecule has 0 atom stereocenters. The number of hydrogen-bond donors (Lipinski definition) is 1. The van der Waals surface area contributed by atoms with E-state index < -0.39 is 0 Å². The molecule has 0 fully saturated rings. The number of nitrogens with two attached hydrogens (primary N) is 1. The number of hydrogen-bond acceptors (Lipinski definition) is 5. The number of nitrogen functional groups attached to an aromatic ring is 1. The first-order chi connectivity index (χ1) is 9.15. The molecule has 0 aliphatic heterocycles. The lowest BCUT2D eigenvalue weighted by molar-refractivity contribution is 0.459. The van der Waals surface area contributed by atoms with Crippen LogP contribution in [-0.2, 0) is 7.05 Å². The van der Waals surface area contributed by atoms with Crippen LogP contribution in [-0.4, -0.2) is 19.5 Å². The van der Waals surface area contributed by atoms with Crippen molar-refractivity contribution in [3.05, 3.63) is 36.4 Å². The lowest BCUT2D eigenvalue weighted by Gasteiger charge is -2.08. The van der Waals surface area contributed by atoms with Gasteiger partial charge in [0.25, 0.3) is 0 Å². The molecule has 96 valence electrons. The minimum absolute atomic E-state index is 0.435. The van der Waals surface area contributed by atoms with Crippen LogP contribution in [0.4, 0.5) is 5.69 Å². The molecule has 6 nitrogen and oxygen atoms in total. The highest BCUT2D eigenvalue weighted by atomic mass is 16.5. The Morgan fingerprint density at radius 3 is 3.00 bits per heavy atom. The maximum Gasteiger partial charge on any atom is 0.223 e. The summed E-state index contributed by atoms with van der Waals surface area (Å²) in [5.41, 5.74) is 8.85. The highest BCUT2D eigenvalue weighted by molar-refractivity contribution is 5.84. The number of aryl methyl sites for hydroxylation is 2. The zero-order chi connectivity index (χ0) is 13.4. The molecule has 19 heavy (non-hydrogen) atoms. The van der Waals surface area contributed by atoms with Gasteiger partial charge in [-0.3, -0.25) is 4.98 Å². The van der Waals surface area contributed by atoms with Gasteiger partial charge in [-0.1, -0.05) is 0 Å². The number of nitrogens with zero attached hydrogens (tertiary/aromatic N) is 4. The van der Waals surface area contributed by atoms with Gasteiger partial charge in [-0.05, 0) is 18.6 Å². The molecular weight excluding hydrogens is 242 g/mol. The summed E-state index contributed by atoms with van der Waals surface area (Å²) in [5.74, 6) is 1.10. The van der Waals surface area contributed by atoms with Gasteiger partial charge in [0.15, 0.2) is 11.4 Å². The van der Waals surface area contributed by atoms with Crippen molar-refractivity contribution in [1.29, 1.82) is 0 Å². The molecular formula is C13H13N5O. The molecule has 0 amide bonds. The molecule has 0 radical (unpaired) electrons. The van der Waals surface area contributed by atoms with E-state index in [4.69, 9.17) is 10.5 Å². The van der Waals surface area contributed by atoms with E-state index in [0.29, 0.717) is 28.5 Å². The molecule has 6 heteroatoms. The van der Waals surface area contributed by atoms with E-state index in [1.807, 2.05) is 20.0 Å². The predicted molar refractivity (Wildman–Crippen MR) is 72.0 cm³/mol. The quantitative estimate of drug-likeness (QED) is 0.758. The Bertz CT molecular complexity index is 750. The van der Waals surface area contributed by atoms with E-state index in [1.165, 1.54) is 0 Å². The fourth-order valence-corrected chi connectivity index (χ4v) is 1.82. The SMILES string of the molecule is Cc1ccncc1Oc1cc(N)c2ncn(C)c2n1. The van der Waals surface area contributed by atoms with E-state index in [1.54, 1.807) is 29.4 Å². The number of rotatable bonds is 2. The summed E-state index contributed by atoms with van der Waals surface area (Å²) < 4.78 is 7.53. The van der Waals surface area contributed by atoms with Crippen molar-refractivity contribution in [2.45, 2.75) is 6.92 Å². The zero-order valence-electron chi connectivity index (χ0n) is 10.7. The summed E-state index contributed by atoms with van der Waals surface area (Å²) in [7, 11) is 1.86. The van der Waals surface area contributed by atoms with Crippen LogP contribution < -0.4 is 10.5 Å². The molecule has 0 aliphatic carbocycles. The van der Waals surface area contributed by atoms with Crippen molar-refractivity contribution in [3.8, 4) is 11.6 Å². The number of ether oxygens (including phenoxy) is 1. The first-order valence-corrected chi connectivity index (χ1v) is 5.81. The smallest absolute Gasteiger partial charge is 0.223 e. The van der Waals surface area contributed by atoms with Crippen molar-refractivity contribution >= 4 is 16.9 Å². The molecule has 0 aromatic carbocycles. The van der Waals surface area contributed by atoms with E-state index in [-0.39, 0.29) is 0 Å². The molecule has 0 aliphatic rings. The second-order valence-corrected chi connectivity index (χ2v) is 4.32. The van der Waals surface area contributed by atoms with E-state index in [2.05, 4.69) is 15.0 Å². The van der Waals surface area contributed by atoms with E-state index in [9.17, 15) is 0 Å². The van der Waals surface area contributed by atoms with Crippen molar-refractivity contribution in [3.63, 3.8) is 0 Å². The maximum atomic E-state index is 5.95. The van der Waals surface area contributed by atoms with Crippen LogP contribution in [0.3, 0.4) is 0 Å². The molecule has 3 aromatic heterocycles. The van der Waals surface area contributed by atoms with Crippen LogP contribution in [0.25, 0.3) is 11.2 Å². The second kappa shape index (κ2) is 4.24. The number of anilines is 1. The van der Waals surface area contributed by atoms with Gasteiger partial charge in [-0.2, -0.15) is 4.98 Å². The van der Waals surface area contributed by atoms with Crippen molar-refractivity contribution < 1.29 is 4.74 Å². The van der Waals surface area contributed by atoms with Crippen LogP contribution in [0.5, 0.6) is 11.6 Å². The lowest BCUT2D eigenvalue weighted by Crippen LogP contribution is -1.97. The summed E-state index contributed by atoms with van der Waals surface area (Å²) >= 11 is 0. The fraction of sp³-hybridized carbons (Fsp3) is 0.154. The van der Waals surface area contributed by atoms with Gasteiger partial charge in [0, 0.05) is 19.3 Å². The molecule has 2 N–H and O–H groups in total. The lowest BCUT2D eigenvalue weighted by atomic mass is 10.3. The third-order valence-electron chi connectivity index (χ3n) is 2.88. The van der Waals surface area contributed by atoms with Gasteiger partial charge in [-0.15, -0.1) is 0 Å². The molecule has 0 bridgehead atoms. The Morgan fingerprint density at radius 2 is 2.21 bits per heavy atom. The largest absolute Gasteiger partial charge is 0.437 e. The average molecular weight is 255 g/mol. The van der Waals surface area contributed by atoms with Crippen molar-refractivity contribution in [2.24, 2.45) is 7.05 Å². The zero-order valence-corrected chi connectivity index (χ0v) is 10.7. The molecule has 0 saturated carbocycles. The average Bonchev–Trinajstić information content (AvgIpc) is 2.75. The third kappa shape index (κ3) is 1.97. The topological polar surface area (TPSA) is 78.9 Å². The Morgan fingerprint density at radius 1 is 1.37 bits per heavy atom. The molecule has 3 aromatic rings. The Kier molecular flexibility index (Phi) is 2.56. The maximum absolute atomic E-state index is 5.95. The van der Waals surface area contributed by atoms with Gasteiger partial charge < -0.3 is 15.0 Å². The molecule has 3 heterocycles. The fourth-order valence-electron chi connectivity index (χ4n) is 1.82. The first-order valence-electron chi connectivity index (χ1n) is 5.81. The summed E-state index contributed by atoms with van der Waals surface area (Å²) in [6.07, 6.45) is 5.04. The molecule has 3 rings (SSSR count). The number of imidazole rings is 1. The number of pyridine rings is 2. The van der Waals surface area contributed by atoms with Crippen LogP contribution in [0.2, 0.25) is 0 Å². The molecule has 0 unspecified atom stereocenters. The summed E-state index contributed by atoms with van der Waals surface area (Å²) in [5, 5.41) is 0. The standard InChI is InChI=1S/C13H13N5O/c1-8-3-4-15-6-10(8)19-11-5-9(14)12-13(17-11)18(2)7-16-12/h3-7H,1-2H3,(H2,14,17). The van der Waals surface area contributed by atoms with Crippen LogP contribution in [0.15, 0.2) is 30.9 Å². The van der Waals surface area contributed by atoms with Crippen LogP contribution >= 0.6 is 0 Å². The van der Waals surface area contributed by atoms with Gasteiger partial charge in [0.2, 0.25) is 5.88 Å². The molecule has 0 saturated heterocycles. The molecule has 0 spiro atoms. The highest BCUT2D eigenvalue weighted by Gasteiger charge is 2.10. The minimum atomic E-state index is 0.435. The Balaban J connectivity index is 2.06. The van der Waals surface area contributed by atoms with Gasteiger partial charge in [0.05, 0.1) is 18.2 Å². The monoisotopic (exact) mass is 255 g/mol. The highest BCUT2D eigenvalue weighted by Crippen LogP contribution is 2.27. The van der Waals surface area contributed by atoms with Crippen LogP contribution in [0.1, 0.15) is 5.56 Å². The number of aromatic nitrogens is 4. The van der Waals surface area contributed by atoms with Gasteiger partial charge in [-0.25, -0.2) is 4.98 Å². The predicted octanol–water partition coefficient (Wildman–Crippen LogP) is 2.05. The normalized spacial score (nSPS) is 10.8. The second-order valence-electron chi connectivity index (χ2n) is 4.32. The van der Waals surface area contributed by atoms with Gasteiger partial charge >= 0.3 is 0 Å². The number of fused-ring (bicyclic) bond motifs is 1. The first kappa shape index (κ1) is 11.5. The van der Waals surface area contributed by atoms with Crippen molar-refractivity contribution in [2.75, 3.05) is 5.73 Å². The summed E-state index contributed by atoms with van der Waals surface area (Å²) in [4.78, 5) is 12.6. The Hall–Kier alpha value is -2.63. The summed E-state index contributed by atoms with van der Waals surface area (Å²) in [6, 6.07) is 3.54. The van der Waals surface area contributed by atoms with E-state index in [0.717, 1.165) is 5.56 Å². The van der Waals surface area contributed by atoms with Crippen molar-refractivity contribution in [1.82, 2.24) is 19.5 Å². The third-order valence-corrected chi connectivity index (χ3v) is 2.88. The van der Waals surface area contributed by atoms with Gasteiger partial charge in [0.1, 0.15) is 5.52 Å².